The molecule has 2 N–H and O–H groups in total. The predicted molar refractivity (Wildman–Crippen MR) is 118 cm³/mol. The van der Waals surface area contributed by atoms with Crippen LogP contribution in [0.5, 0.6) is 5.75 Å². The molecule has 0 radical (unpaired) electrons. The Labute approximate surface area is 177 Å². The Bertz CT molecular complexity index is 1260. The highest BCUT2D eigenvalue weighted by Gasteiger charge is 2.23. The quantitative estimate of drug-likeness (QED) is 0.474. The number of aliphatic imine (C=N–C) groups is 1. The number of aromatic hydroxyl groups is 1. The van der Waals surface area contributed by atoms with Gasteiger partial charge < -0.3 is 14.8 Å². The first-order valence-electron chi connectivity index (χ1n) is 9.60. The van der Waals surface area contributed by atoms with E-state index < -0.39 is 10.5 Å². The number of nitro benzene ring substituents is 1. The summed E-state index contributed by atoms with van der Waals surface area (Å²) in [4.78, 5) is 27.5. The third-order valence-corrected chi connectivity index (χ3v) is 4.88. The van der Waals surface area contributed by atoms with Crippen molar-refractivity contribution in [2.24, 2.45) is 4.99 Å². The number of non-ortho nitro benzene ring substituents is 1. The van der Waals surface area contributed by atoms with E-state index in [0.29, 0.717) is 23.6 Å². The largest absolute Gasteiger partial charge is 0.507 e. The molecule has 0 bridgehead atoms. The van der Waals surface area contributed by atoms with Gasteiger partial charge in [-0.15, -0.1) is 0 Å². The second-order valence-electron chi connectivity index (χ2n) is 7.14. The molecule has 2 aromatic carbocycles. The maximum absolute atomic E-state index is 12.5. The van der Waals surface area contributed by atoms with E-state index in [1.165, 1.54) is 18.2 Å². The van der Waals surface area contributed by atoms with Crippen LogP contribution in [0.25, 0.3) is 6.08 Å². The van der Waals surface area contributed by atoms with Gasteiger partial charge >= 0.3 is 5.63 Å². The van der Waals surface area contributed by atoms with Gasteiger partial charge in [0.25, 0.3) is 5.69 Å². The van der Waals surface area contributed by atoms with E-state index in [0.717, 1.165) is 11.3 Å². The van der Waals surface area contributed by atoms with Crippen LogP contribution in [0.2, 0.25) is 0 Å². The predicted octanol–water partition coefficient (Wildman–Crippen LogP) is 4.58. The minimum absolute atomic E-state index is 0.0228. The van der Waals surface area contributed by atoms with Gasteiger partial charge in [0.15, 0.2) is 0 Å². The van der Waals surface area contributed by atoms with E-state index in [-0.39, 0.29) is 23.0 Å². The van der Waals surface area contributed by atoms with Gasteiger partial charge in [-0.05, 0) is 36.8 Å². The Hall–Kier alpha value is -4.20. The Morgan fingerprint density at radius 1 is 1.23 bits per heavy atom. The van der Waals surface area contributed by atoms with Gasteiger partial charge in [-0.3, -0.25) is 15.1 Å². The molecule has 1 aromatic heterocycles. The Kier molecular flexibility index (Phi) is 5.36. The lowest BCUT2D eigenvalue weighted by Gasteiger charge is -2.15. The summed E-state index contributed by atoms with van der Waals surface area (Å²) in [5.41, 5.74) is 2.04. The average Bonchev–Trinajstić information content (AvgIpc) is 2.91. The van der Waals surface area contributed by atoms with Crippen molar-refractivity contribution in [1.82, 2.24) is 0 Å². The number of nitro groups is 1. The molecule has 0 spiro atoms. The lowest BCUT2D eigenvalue weighted by molar-refractivity contribution is -0.384. The van der Waals surface area contributed by atoms with Crippen LogP contribution in [0.1, 0.15) is 23.3 Å². The number of hydrogen-bond acceptors (Lipinski definition) is 7. The summed E-state index contributed by atoms with van der Waals surface area (Å²) in [5, 5.41) is 24.6. The molecular weight excluding hydrogens is 398 g/mol. The number of aryl methyl sites for hydroxylation is 1. The number of nitrogens with one attached hydrogen (secondary N) is 1. The summed E-state index contributed by atoms with van der Waals surface area (Å²) in [6.45, 7) is 1.59. The molecule has 3 aromatic rings. The van der Waals surface area contributed by atoms with E-state index in [9.17, 15) is 20.0 Å². The van der Waals surface area contributed by atoms with Gasteiger partial charge in [0.1, 0.15) is 17.1 Å². The summed E-state index contributed by atoms with van der Waals surface area (Å²) in [6.07, 6.45) is 4.05. The molecule has 1 atom stereocenters. The highest BCUT2D eigenvalue weighted by Crippen LogP contribution is 2.31. The number of nitrogens with zero attached hydrogens (tertiary/aromatic N) is 2. The number of rotatable bonds is 4. The minimum atomic E-state index is -0.645. The maximum Gasteiger partial charge on any atom is 0.348 e. The highest BCUT2D eigenvalue weighted by atomic mass is 16.6. The number of para-hydroxylation sites is 2. The van der Waals surface area contributed by atoms with Gasteiger partial charge in [0, 0.05) is 24.6 Å². The van der Waals surface area contributed by atoms with Crippen LogP contribution in [0, 0.1) is 17.0 Å². The van der Waals surface area contributed by atoms with Crippen molar-refractivity contribution in [3.63, 3.8) is 0 Å². The number of fused-ring (bicyclic) bond motifs is 1. The first kappa shape index (κ1) is 20.1. The van der Waals surface area contributed by atoms with Gasteiger partial charge in [-0.1, -0.05) is 24.3 Å². The lowest BCUT2D eigenvalue weighted by Crippen LogP contribution is -2.23. The van der Waals surface area contributed by atoms with Crippen LogP contribution >= 0.6 is 0 Å². The average molecular weight is 417 g/mol. The fourth-order valence-corrected chi connectivity index (χ4v) is 3.41. The Balaban J connectivity index is 1.70. The first-order chi connectivity index (χ1) is 14.9. The van der Waals surface area contributed by atoms with Gasteiger partial charge in [-0.2, -0.15) is 0 Å². The van der Waals surface area contributed by atoms with Gasteiger partial charge in [0.05, 0.1) is 28.1 Å². The van der Waals surface area contributed by atoms with E-state index in [1.807, 2.05) is 36.4 Å². The summed E-state index contributed by atoms with van der Waals surface area (Å²) in [6, 6.07) is 14.8. The number of hydrogen-bond donors (Lipinski definition) is 2. The smallest absolute Gasteiger partial charge is 0.348 e. The van der Waals surface area contributed by atoms with Crippen LogP contribution in [0.3, 0.4) is 0 Å². The Morgan fingerprint density at radius 3 is 2.68 bits per heavy atom. The van der Waals surface area contributed by atoms with Crippen molar-refractivity contribution in [2.45, 2.75) is 19.4 Å². The fraction of sp³-hybridized carbons (Fsp3) is 0.130. The summed E-state index contributed by atoms with van der Waals surface area (Å²) in [7, 11) is 0. The zero-order valence-corrected chi connectivity index (χ0v) is 16.6. The first-order valence-corrected chi connectivity index (χ1v) is 9.60. The Morgan fingerprint density at radius 2 is 1.97 bits per heavy atom. The molecule has 2 heterocycles. The highest BCUT2D eigenvalue weighted by molar-refractivity contribution is 6.05. The second-order valence-corrected chi connectivity index (χ2v) is 7.14. The third-order valence-electron chi connectivity index (χ3n) is 4.88. The molecule has 8 nitrogen and oxygen atoms in total. The molecular formula is C23H19N3O5. The van der Waals surface area contributed by atoms with Crippen LogP contribution in [0.4, 0.5) is 17.1 Å². The molecule has 0 amide bonds. The standard InChI is InChI=1S/C23H19N3O5/c1-14-12-21(27)22(23(28)31-14)20-13-16(24-18-4-2-3-5-19(18)25-20)9-6-15-7-10-17(11-8-15)26(29)30/h2-12,16,24,27H,13H2,1H3/b9-6+/t16-/m1/s1. The summed E-state index contributed by atoms with van der Waals surface area (Å²) < 4.78 is 5.18. The molecule has 0 saturated carbocycles. The van der Waals surface area contributed by atoms with Gasteiger partial charge in [-0.25, -0.2) is 4.79 Å². The molecule has 1 aliphatic rings. The van der Waals surface area contributed by atoms with Crippen molar-refractivity contribution in [3.05, 3.63) is 98.1 Å². The van der Waals surface area contributed by atoms with E-state index in [2.05, 4.69) is 10.3 Å². The van der Waals surface area contributed by atoms with Crippen LogP contribution in [-0.2, 0) is 0 Å². The molecule has 1 aliphatic heterocycles. The monoisotopic (exact) mass is 417 g/mol. The number of benzene rings is 2. The van der Waals surface area contributed by atoms with Crippen molar-refractivity contribution < 1.29 is 14.4 Å². The van der Waals surface area contributed by atoms with Crippen molar-refractivity contribution >= 4 is 28.8 Å². The van der Waals surface area contributed by atoms with Gasteiger partial charge in [0.2, 0.25) is 0 Å². The zero-order chi connectivity index (χ0) is 22.0. The molecule has 0 fully saturated rings. The number of anilines is 1. The summed E-state index contributed by atoms with van der Waals surface area (Å²) >= 11 is 0. The lowest BCUT2D eigenvalue weighted by atomic mass is 10.0. The molecule has 0 unspecified atom stereocenters. The maximum atomic E-state index is 12.5. The fourth-order valence-electron chi connectivity index (χ4n) is 3.41. The second kappa shape index (κ2) is 8.27. The molecule has 8 heteroatoms. The molecule has 156 valence electrons. The molecule has 0 aliphatic carbocycles. The van der Waals surface area contributed by atoms with Crippen LogP contribution in [-0.4, -0.2) is 21.8 Å². The van der Waals surface area contributed by atoms with Crippen LogP contribution in [0.15, 0.2) is 74.9 Å². The SMILES string of the molecule is Cc1cc(O)c(C2=Nc3ccccc3N[C@H](/C=C/c3ccc([N+](=O)[O-])cc3)C2)c(=O)o1. The van der Waals surface area contributed by atoms with Crippen molar-refractivity contribution in [1.29, 1.82) is 0 Å². The van der Waals surface area contributed by atoms with Crippen molar-refractivity contribution in [3.8, 4) is 5.75 Å². The van der Waals surface area contributed by atoms with E-state index >= 15 is 0 Å². The van der Waals surface area contributed by atoms with E-state index in [4.69, 9.17) is 4.42 Å². The topological polar surface area (TPSA) is 118 Å². The normalized spacial score (nSPS) is 15.6. The molecule has 31 heavy (non-hydrogen) atoms. The molecule has 4 rings (SSSR count). The van der Waals surface area contributed by atoms with E-state index in [1.54, 1.807) is 19.1 Å². The summed E-state index contributed by atoms with van der Waals surface area (Å²) in [5.74, 6) is 0.138. The molecule has 0 saturated heterocycles. The third kappa shape index (κ3) is 4.37. The minimum Gasteiger partial charge on any atom is -0.507 e. The van der Waals surface area contributed by atoms with Crippen LogP contribution < -0.4 is 10.9 Å². The zero-order valence-electron chi connectivity index (χ0n) is 16.6. The van der Waals surface area contributed by atoms with Crippen molar-refractivity contribution in [2.75, 3.05) is 5.32 Å².